The lowest BCUT2D eigenvalue weighted by Gasteiger charge is -2.44. The van der Waals surface area contributed by atoms with Gasteiger partial charge in [0.2, 0.25) is 0 Å². The van der Waals surface area contributed by atoms with E-state index in [1.54, 1.807) is 0 Å². The third-order valence-corrected chi connectivity index (χ3v) is 6.17. The van der Waals surface area contributed by atoms with E-state index in [1.165, 1.54) is 16.9 Å². The molecule has 1 fully saturated rings. The number of carbonyl (C=O) groups excluding carboxylic acids is 1. The number of para-hydroxylation sites is 1. The lowest BCUT2D eigenvalue weighted by molar-refractivity contribution is -0.119. The molecule has 1 aromatic heterocycles. The fourth-order valence-electron chi connectivity index (χ4n) is 4.74. The number of carbonyl (C=O) groups is 1. The zero-order chi connectivity index (χ0) is 17.8. The second kappa shape index (κ2) is 5.58. The number of nitrogens with zero attached hydrogens (tertiary/aromatic N) is 2. The Bertz CT molecular complexity index is 893. The van der Waals surface area contributed by atoms with Crippen molar-refractivity contribution in [3.05, 3.63) is 58.9 Å². The molecule has 0 radical (unpaired) electrons. The van der Waals surface area contributed by atoms with E-state index in [-0.39, 0.29) is 11.2 Å². The molecule has 1 saturated carbocycles. The molecule has 2 aromatic rings. The minimum atomic E-state index is -0.186. The van der Waals surface area contributed by atoms with Crippen LogP contribution in [0.1, 0.15) is 49.0 Å². The molecule has 25 heavy (non-hydrogen) atoms. The highest BCUT2D eigenvalue weighted by Gasteiger charge is 2.48. The molecule has 1 N–H and O–H groups in total. The topological polar surface area (TPSA) is 55.1 Å². The largest absolute Gasteiger partial charge is 0.515 e. The highest BCUT2D eigenvalue weighted by molar-refractivity contribution is 5.96. The van der Waals surface area contributed by atoms with Gasteiger partial charge in [-0.3, -0.25) is 4.79 Å². The van der Waals surface area contributed by atoms with Gasteiger partial charge < -0.3 is 9.67 Å². The molecule has 0 saturated heterocycles. The van der Waals surface area contributed by atoms with E-state index in [9.17, 15) is 9.90 Å². The molecule has 1 aromatic carbocycles. The molecule has 4 heteroatoms. The minimum absolute atomic E-state index is 0.0866. The van der Waals surface area contributed by atoms with E-state index < -0.39 is 0 Å². The van der Waals surface area contributed by atoms with E-state index >= 15 is 0 Å². The number of aromatic nitrogens is 2. The maximum atomic E-state index is 12.2. The molecular formula is C21H24N2O2. The number of benzene rings is 1. The zero-order valence-corrected chi connectivity index (χ0v) is 15.0. The molecule has 0 bridgehead atoms. The zero-order valence-electron chi connectivity index (χ0n) is 15.0. The Kier molecular flexibility index (Phi) is 3.60. The van der Waals surface area contributed by atoms with Crippen LogP contribution in [0.3, 0.4) is 0 Å². The Hall–Kier alpha value is -2.36. The highest BCUT2D eigenvalue weighted by Crippen LogP contribution is 2.50. The second-order valence-electron chi connectivity index (χ2n) is 7.69. The number of hydrogen-bond acceptors (Lipinski definition) is 3. The Morgan fingerprint density at radius 2 is 2.08 bits per heavy atom. The van der Waals surface area contributed by atoms with Gasteiger partial charge in [-0.15, -0.1) is 0 Å². The van der Waals surface area contributed by atoms with Crippen molar-refractivity contribution in [3.63, 3.8) is 0 Å². The van der Waals surface area contributed by atoms with Crippen LogP contribution >= 0.6 is 0 Å². The average Bonchev–Trinajstić information content (AvgIpc) is 2.93. The molecule has 2 aliphatic carbocycles. The first-order valence-corrected chi connectivity index (χ1v) is 8.97. The molecule has 0 amide bonds. The minimum Gasteiger partial charge on any atom is -0.515 e. The number of Topliss-reactive ketones (excluding diaryl/α,β-unsaturated/α-hetero) is 1. The molecule has 4 rings (SSSR count). The highest BCUT2D eigenvalue weighted by atomic mass is 16.2. The summed E-state index contributed by atoms with van der Waals surface area (Å²) in [5.41, 5.74) is 5.13. The Labute approximate surface area is 148 Å². The van der Waals surface area contributed by atoms with Gasteiger partial charge in [-0.25, -0.2) is 4.98 Å². The van der Waals surface area contributed by atoms with Crippen LogP contribution in [0.2, 0.25) is 0 Å². The maximum absolute atomic E-state index is 12.2. The number of ketones is 1. The van der Waals surface area contributed by atoms with E-state index in [0.717, 1.165) is 30.6 Å². The fraction of sp³-hybridized carbons (Fsp3) is 0.429. The van der Waals surface area contributed by atoms with Crippen molar-refractivity contribution in [2.45, 2.75) is 51.9 Å². The van der Waals surface area contributed by atoms with Crippen molar-refractivity contribution in [2.75, 3.05) is 0 Å². The van der Waals surface area contributed by atoms with E-state index in [1.807, 2.05) is 0 Å². The second-order valence-corrected chi connectivity index (χ2v) is 7.69. The van der Waals surface area contributed by atoms with Gasteiger partial charge in [0.25, 0.3) is 0 Å². The number of imidazole rings is 1. The summed E-state index contributed by atoms with van der Waals surface area (Å²) in [4.78, 5) is 17.2. The van der Waals surface area contributed by atoms with Crippen molar-refractivity contribution < 1.29 is 9.90 Å². The van der Waals surface area contributed by atoms with E-state index in [4.69, 9.17) is 4.98 Å². The molecular weight excluding hydrogens is 312 g/mol. The Morgan fingerprint density at radius 1 is 1.32 bits per heavy atom. The van der Waals surface area contributed by atoms with Crippen molar-refractivity contribution in [1.29, 1.82) is 0 Å². The first-order chi connectivity index (χ1) is 12.0. The quantitative estimate of drug-likeness (QED) is 0.630. The van der Waals surface area contributed by atoms with Gasteiger partial charge in [-0.2, -0.15) is 0 Å². The van der Waals surface area contributed by atoms with Crippen LogP contribution in [0.15, 0.2) is 36.1 Å². The molecule has 0 aliphatic heterocycles. The van der Waals surface area contributed by atoms with Crippen molar-refractivity contribution in [3.8, 4) is 5.69 Å². The molecule has 130 valence electrons. The lowest BCUT2D eigenvalue weighted by atomic mass is 9.59. The van der Waals surface area contributed by atoms with Crippen molar-refractivity contribution in [1.82, 2.24) is 9.55 Å². The van der Waals surface area contributed by atoms with Gasteiger partial charge in [-0.1, -0.05) is 25.1 Å². The fourth-order valence-corrected chi connectivity index (χ4v) is 4.74. The van der Waals surface area contributed by atoms with E-state index in [2.05, 4.69) is 49.6 Å². The summed E-state index contributed by atoms with van der Waals surface area (Å²) in [6, 6.07) is 8.38. The number of hydrogen-bond donors (Lipinski definition) is 1. The summed E-state index contributed by atoms with van der Waals surface area (Å²) in [6.45, 7) is 6.39. The number of aryl methyl sites for hydroxylation is 2. The van der Waals surface area contributed by atoms with Crippen molar-refractivity contribution >= 4 is 5.78 Å². The Balaban J connectivity index is 1.88. The van der Waals surface area contributed by atoms with Gasteiger partial charge in [-0.05, 0) is 50.7 Å². The lowest BCUT2D eigenvalue weighted by Crippen LogP contribution is -2.43. The molecule has 1 heterocycles. The monoisotopic (exact) mass is 336 g/mol. The molecule has 0 spiro atoms. The van der Waals surface area contributed by atoms with Gasteiger partial charge >= 0.3 is 0 Å². The van der Waals surface area contributed by atoms with Crippen LogP contribution in [0.5, 0.6) is 0 Å². The van der Waals surface area contributed by atoms with Crippen LogP contribution in [-0.2, 0) is 16.6 Å². The van der Waals surface area contributed by atoms with Gasteiger partial charge in [0.15, 0.2) is 5.78 Å². The molecule has 4 nitrogen and oxygen atoms in total. The normalized spacial score (nSPS) is 27.2. The van der Waals surface area contributed by atoms with Crippen LogP contribution < -0.4 is 0 Å². The van der Waals surface area contributed by atoms with Crippen LogP contribution in [0.4, 0.5) is 0 Å². The number of fused-ring (bicyclic) bond motifs is 3. The third-order valence-electron chi connectivity index (χ3n) is 6.17. The summed E-state index contributed by atoms with van der Waals surface area (Å²) >= 11 is 0. The number of rotatable bonds is 1. The number of aliphatic hydroxyl groups excluding tert-OH is 1. The third kappa shape index (κ3) is 2.27. The molecule has 2 unspecified atom stereocenters. The summed E-state index contributed by atoms with van der Waals surface area (Å²) in [6.07, 6.45) is 4.02. The summed E-state index contributed by atoms with van der Waals surface area (Å²) in [5.74, 6) is 1.38. The van der Waals surface area contributed by atoms with Gasteiger partial charge in [0, 0.05) is 28.8 Å². The predicted molar refractivity (Wildman–Crippen MR) is 97.2 cm³/mol. The summed E-state index contributed by atoms with van der Waals surface area (Å²) in [5, 5.41) is 9.48. The number of allylic oxidation sites excluding steroid dienone is 1. The Morgan fingerprint density at radius 3 is 2.80 bits per heavy atom. The van der Waals surface area contributed by atoms with Gasteiger partial charge in [0.05, 0.1) is 12.0 Å². The molecule has 2 aliphatic rings. The first kappa shape index (κ1) is 16.1. The standard InChI is InChI=1S/C21H24N2O2/c1-13-6-4-5-7-17(13)23-14(2)22-20-18(23)9-8-16-10-19(25)15(12-24)11-21(16,20)3/h4-7,12,16,24H,8-11H2,1-3H3/b15-12-. The van der Waals surface area contributed by atoms with Crippen LogP contribution in [0.25, 0.3) is 5.69 Å². The van der Waals surface area contributed by atoms with E-state index in [0.29, 0.717) is 24.3 Å². The average molecular weight is 336 g/mol. The first-order valence-electron chi connectivity index (χ1n) is 8.97. The van der Waals surface area contributed by atoms with Gasteiger partial charge in [0.1, 0.15) is 5.82 Å². The smallest absolute Gasteiger partial charge is 0.162 e. The molecule has 2 atom stereocenters. The van der Waals surface area contributed by atoms with Crippen LogP contribution in [0, 0.1) is 19.8 Å². The van der Waals surface area contributed by atoms with Crippen LogP contribution in [-0.4, -0.2) is 20.4 Å². The number of aliphatic hydroxyl groups is 1. The summed E-state index contributed by atoms with van der Waals surface area (Å²) < 4.78 is 2.28. The predicted octanol–water partition coefficient (Wildman–Crippen LogP) is 4.11. The van der Waals surface area contributed by atoms with Crippen molar-refractivity contribution in [2.24, 2.45) is 5.92 Å². The summed E-state index contributed by atoms with van der Waals surface area (Å²) in [7, 11) is 0. The maximum Gasteiger partial charge on any atom is 0.162 e. The SMILES string of the molecule is Cc1ccccc1-n1c(C)nc2c1CCC1CC(=O)/C(=C\O)CC21C.